The van der Waals surface area contributed by atoms with Crippen LogP contribution in [0.3, 0.4) is 0 Å². The molecule has 1 aromatic carbocycles. The molecule has 0 N–H and O–H groups in total. The molecule has 0 amide bonds. The maximum Gasteiger partial charge on any atom is 0.148 e. The molecule has 0 radical (unpaired) electrons. The van der Waals surface area contributed by atoms with Gasteiger partial charge in [0, 0.05) is 44.8 Å². The summed E-state index contributed by atoms with van der Waals surface area (Å²) in [6, 6.07) is 5.29. The summed E-state index contributed by atoms with van der Waals surface area (Å²) < 4.78 is 11.0. The molecule has 0 unspecified atom stereocenters. The molecule has 0 aromatic heterocycles. The van der Waals surface area contributed by atoms with Gasteiger partial charge in [-0.05, 0) is 29.4 Å². The molecule has 2 saturated carbocycles. The van der Waals surface area contributed by atoms with Gasteiger partial charge >= 0.3 is 0 Å². The van der Waals surface area contributed by atoms with E-state index >= 15 is 0 Å². The normalized spacial score (nSPS) is 25.1. The maximum atomic E-state index is 13.7. The number of ketones is 4. The minimum atomic E-state index is -1.39. The Bertz CT molecular complexity index is 973. The van der Waals surface area contributed by atoms with Crippen molar-refractivity contribution in [2.75, 3.05) is 32.2 Å². The lowest BCUT2D eigenvalue weighted by Gasteiger charge is -2.54. The van der Waals surface area contributed by atoms with E-state index in [1.165, 1.54) is 0 Å². The van der Waals surface area contributed by atoms with Crippen LogP contribution in [-0.4, -0.2) is 50.4 Å². The lowest BCUT2D eigenvalue weighted by atomic mass is 9.51. The Labute approximate surface area is 201 Å². The fraction of sp³-hybridized carbons (Fsp3) is 0.630. The average molecular weight is 470 g/mol. The molecule has 7 nitrogen and oxygen atoms in total. The molecule has 7 heteroatoms. The quantitative estimate of drug-likeness (QED) is 0.622. The molecular weight excluding hydrogens is 434 g/mol. The van der Waals surface area contributed by atoms with E-state index in [0.29, 0.717) is 17.2 Å². The number of methoxy groups -OCH3 is 2. The largest absolute Gasteiger partial charge is 0.497 e. The predicted molar refractivity (Wildman–Crippen MR) is 127 cm³/mol. The van der Waals surface area contributed by atoms with Gasteiger partial charge < -0.3 is 14.4 Å². The van der Waals surface area contributed by atoms with Crippen LogP contribution in [0, 0.1) is 21.7 Å². The average Bonchev–Trinajstić information content (AvgIpc) is 2.74. The summed E-state index contributed by atoms with van der Waals surface area (Å²) >= 11 is 0. The molecule has 1 saturated heterocycles. The van der Waals surface area contributed by atoms with Crippen LogP contribution in [0.15, 0.2) is 18.2 Å². The molecule has 2 aliphatic carbocycles. The standard InChI is InChI=1S/C27H35NO6/c1-24(2)10-20(29)26(21(30)11-24)14-27(22(31)12-25(3,4)13-23(27)32)16-28(15-26)18-9-17(33-5)7-8-19(18)34-6/h7-9H,10-16H2,1-6H3. The van der Waals surface area contributed by atoms with Crippen molar-refractivity contribution in [3.8, 4) is 11.5 Å². The molecule has 184 valence electrons. The molecule has 0 atom stereocenters. The summed E-state index contributed by atoms with van der Waals surface area (Å²) in [6.07, 6.45) is 0.944. The molecule has 1 aromatic rings. The van der Waals surface area contributed by atoms with Gasteiger partial charge in [-0.1, -0.05) is 27.7 Å². The van der Waals surface area contributed by atoms with E-state index in [0.717, 1.165) is 0 Å². The van der Waals surface area contributed by atoms with Gasteiger partial charge in [0.1, 0.15) is 45.5 Å². The van der Waals surface area contributed by atoms with E-state index in [-0.39, 0.29) is 68.3 Å². The van der Waals surface area contributed by atoms with Crippen molar-refractivity contribution >= 4 is 28.8 Å². The Morgan fingerprint density at radius 1 is 0.706 bits per heavy atom. The second-order valence-corrected chi connectivity index (χ2v) is 12.0. The highest BCUT2D eigenvalue weighted by Gasteiger charge is 2.64. The summed E-state index contributed by atoms with van der Waals surface area (Å²) in [7, 11) is 3.09. The Morgan fingerprint density at radius 2 is 1.15 bits per heavy atom. The number of hydrogen-bond acceptors (Lipinski definition) is 7. The first kappa shape index (κ1) is 24.4. The fourth-order valence-electron chi connectivity index (χ4n) is 6.15. The Balaban J connectivity index is 1.88. The van der Waals surface area contributed by atoms with Gasteiger partial charge in [-0.15, -0.1) is 0 Å². The molecule has 3 fully saturated rings. The van der Waals surface area contributed by atoms with Crippen LogP contribution in [0.25, 0.3) is 0 Å². The SMILES string of the molecule is COc1ccc(OC)c(N2CC3(CC4(C2)C(=O)CC(C)(C)CC4=O)C(=O)CC(C)(C)CC3=O)c1. The maximum absolute atomic E-state index is 13.7. The van der Waals surface area contributed by atoms with E-state index in [1.807, 2.05) is 32.6 Å². The zero-order valence-electron chi connectivity index (χ0n) is 21.1. The highest BCUT2D eigenvalue weighted by molar-refractivity contribution is 6.15. The number of piperidine rings is 1. The van der Waals surface area contributed by atoms with E-state index in [2.05, 4.69) is 0 Å². The topological polar surface area (TPSA) is 90.0 Å². The number of rotatable bonds is 3. The van der Waals surface area contributed by atoms with Crippen LogP contribution < -0.4 is 14.4 Å². The zero-order chi connectivity index (χ0) is 25.1. The monoisotopic (exact) mass is 469 g/mol. The Hall–Kier alpha value is -2.70. The summed E-state index contributed by atoms with van der Waals surface area (Å²) in [5, 5.41) is 0. The first-order valence-corrected chi connectivity index (χ1v) is 11.9. The first-order valence-electron chi connectivity index (χ1n) is 11.9. The van der Waals surface area contributed by atoms with Gasteiger partial charge in [0.05, 0.1) is 19.9 Å². The first-order chi connectivity index (χ1) is 15.8. The number of benzene rings is 1. The number of ether oxygens (including phenoxy) is 2. The van der Waals surface area contributed by atoms with Crippen LogP contribution in [-0.2, 0) is 19.2 Å². The number of Topliss-reactive ketones (excluding diaryl/α,β-unsaturated/α-hetero) is 4. The van der Waals surface area contributed by atoms with Crippen LogP contribution in [0.5, 0.6) is 11.5 Å². The molecule has 4 rings (SSSR count). The van der Waals surface area contributed by atoms with Crippen molar-refractivity contribution in [3.05, 3.63) is 18.2 Å². The van der Waals surface area contributed by atoms with Gasteiger partial charge in [-0.2, -0.15) is 0 Å². The number of anilines is 1. The minimum absolute atomic E-state index is 0.0235. The summed E-state index contributed by atoms with van der Waals surface area (Å²) in [5.41, 5.74) is -3.06. The predicted octanol–water partition coefficient (Wildman–Crippen LogP) is 3.80. The minimum Gasteiger partial charge on any atom is -0.497 e. The fourth-order valence-corrected chi connectivity index (χ4v) is 6.15. The highest BCUT2D eigenvalue weighted by Crippen LogP contribution is 2.55. The Morgan fingerprint density at radius 3 is 1.53 bits per heavy atom. The van der Waals surface area contributed by atoms with Crippen molar-refractivity contribution in [2.45, 2.75) is 59.8 Å². The summed E-state index contributed by atoms with van der Waals surface area (Å²) in [6.45, 7) is 7.89. The van der Waals surface area contributed by atoms with Crippen LogP contribution >= 0.6 is 0 Å². The van der Waals surface area contributed by atoms with E-state index in [9.17, 15) is 19.2 Å². The van der Waals surface area contributed by atoms with Gasteiger partial charge in [-0.25, -0.2) is 0 Å². The third-order valence-electron chi connectivity index (χ3n) is 7.94. The number of nitrogens with zero attached hydrogens (tertiary/aromatic N) is 1. The molecule has 1 aliphatic heterocycles. The van der Waals surface area contributed by atoms with Crippen molar-refractivity contribution in [3.63, 3.8) is 0 Å². The second-order valence-electron chi connectivity index (χ2n) is 12.0. The third-order valence-corrected chi connectivity index (χ3v) is 7.94. The Kier molecular flexibility index (Phi) is 5.69. The highest BCUT2D eigenvalue weighted by atomic mass is 16.5. The van der Waals surface area contributed by atoms with E-state index in [4.69, 9.17) is 9.47 Å². The lowest BCUT2D eigenvalue weighted by Crippen LogP contribution is -2.67. The lowest BCUT2D eigenvalue weighted by molar-refractivity contribution is -0.159. The molecule has 0 bridgehead atoms. The molecular formula is C27H35NO6. The van der Waals surface area contributed by atoms with Gasteiger partial charge in [-0.3, -0.25) is 19.2 Å². The van der Waals surface area contributed by atoms with Gasteiger partial charge in [0.2, 0.25) is 0 Å². The summed E-state index contributed by atoms with van der Waals surface area (Å²) in [5.74, 6) is 0.403. The smallest absolute Gasteiger partial charge is 0.148 e. The third kappa shape index (κ3) is 3.83. The van der Waals surface area contributed by atoms with Crippen molar-refractivity contribution in [2.24, 2.45) is 21.7 Å². The molecule has 1 heterocycles. The van der Waals surface area contributed by atoms with Gasteiger partial charge in [0.25, 0.3) is 0 Å². The number of carbonyl (C=O) groups excluding carboxylic acids is 4. The molecule has 2 spiro atoms. The second kappa shape index (κ2) is 7.92. The zero-order valence-corrected chi connectivity index (χ0v) is 21.1. The molecule has 34 heavy (non-hydrogen) atoms. The summed E-state index contributed by atoms with van der Waals surface area (Å²) in [4.78, 5) is 56.6. The van der Waals surface area contributed by atoms with Gasteiger partial charge in [0.15, 0.2) is 0 Å². The molecule has 3 aliphatic rings. The number of carbonyl (C=O) groups is 4. The van der Waals surface area contributed by atoms with E-state index < -0.39 is 21.7 Å². The van der Waals surface area contributed by atoms with E-state index in [1.54, 1.807) is 32.4 Å². The van der Waals surface area contributed by atoms with Crippen LogP contribution in [0.4, 0.5) is 5.69 Å². The van der Waals surface area contributed by atoms with Crippen molar-refractivity contribution in [1.82, 2.24) is 0 Å². The van der Waals surface area contributed by atoms with Crippen LogP contribution in [0.2, 0.25) is 0 Å². The number of hydrogen-bond donors (Lipinski definition) is 0. The van der Waals surface area contributed by atoms with Crippen LogP contribution in [0.1, 0.15) is 59.8 Å². The van der Waals surface area contributed by atoms with Crippen molar-refractivity contribution < 1.29 is 28.7 Å². The van der Waals surface area contributed by atoms with Crippen molar-refractivity contribution in [1.29, 1.82) is 0 Å².